The molecule has 110 valence electrons. The number of halogens is 1. The molecule has 2 rings (SSSR count). The summed E-state index contributed by atoms with van der Waals surface area (Å²) in [5.74, 6) is -0.251. The van der Waals surface area contributed by atoms with Gasteiger partial charge >= 0.3 is 0 Å². The number of aliphatic hydroxyl groups excluding tert-OH is 1. The number of aromatic nitrogens is 1. The molecule has 1 aromatic heterocycles. The van der Waals surface area contributed by atoms with Crippen molar-refractivity contribution in [3.05, 3.63) is 53.2 Å². The molecule has 0 aliphatic heterocycles. The smallest absolute Gasteiger partial charge is 0.252 e. The minimum absolute atomic E-state index is 0.251. The van der Waals surface area contributed by atoms with Crippen LogP contribution in [0.1, 0.15) is 23.7 Å². The fourth-order valence-electron chi connectivity index (χ4n) is 1.88. The lowest BCUT2D eigenvalue weighted by atomic mass is 10.1. The topological polar surface area (TPSA) is 62.2 Å². The Balaban J connectivity index is 2.18. The van der Waals surface area contributed by atoms with Crippen molar-refractivity contribution in [3.63, 3.8) is 0 Å². The number of hydrogen-bond donors (Lipinski definition) is 2. The van der Waals surface area contributed by atoms with Crippen LogP contribution in [0.25, 0.3) is 11.3 Å². The molecule has 1 amide bonds. The van der Waals surface area contributed by atoms with E-state index in [0.29, 0.717) is 23.6 Å². The largest absolute Gasteiger partial charge is 0.393 e. The molecule has 1 unspecified atom stereocenters. The predicted molar refractivity (Wildman–Crippen MR) is 83.3 cm³/mol. The molecule has 1 atom stereocenters. The van der Waals surface area contributed by atoms with Crippen molar-refractivity contribution in [1.29, 1.82) is 0 Å². The van der Waals surface area contributed by atoms with E-state index in [4.69, 9.17) is 11.6 Å². The number of nitrogens with one attached hydrogen (secondary N) is 1. The summed E-state index contributed by atoms with van der Waals surface area (Å²) in [4.78, 5) is 16.4. The molecule has 0 fully saturated rings. The van der Waals surface area contributed by atoms with E-state index < -0.39 is 6.10 Å². The molecular weight excluding hydrogens is 288 g/mol. The van der Waals surface area contributed by atoms with Crippen molar-refractivity contribution in [2.45, 2.75) is 19.4 Å². The third-order valence-corrected chi connectivity index (χ3v) is 3.35. The molecule has 21 heavy (non-hydrogen) atoms. The van der Waals surface area contributed by atoms with E-state index in [-0.39, 0.29) is 5.91 Å². The number of nitrogens with zero attached hydrogens (tertiary/aromatic N) is 1. The molecule has 0 spiro atoms. The highest BCUT2D eigenvalue weighted by Gasteiger charge is 2.12. The highest BCUT2D eigenvalue weighted by Crippen LogP contribution is 2.23. The van der Waals surface area contributed by atoms with Crippen LogP contribution in [-0.4, -0.2) is 28.6 Å². The average Bonchev–Trinajstić information content (AvgIpc) is 2.48. The Kier molecular flexibility index (Phi) is 5.31. The number of hydrogen-bond acceptors (Lipinski definition) is 3. The van der Waals surface area contributed by atoms with Gasteiger partial charge in [-0.05, 0) is 37.6 Å². The van der Waals surface area contributed by atoms with Crippen molar-refractivity contribution in [1.82, 2.24) is 10.3 Å². The zero-order valence-electron chi connectivity index (χ0n) is 11.7. The fourth-order valence-corrected chi connectivity index (χ4v) is 2.09. The first-order chi connectivity index (χ1) is 10.1. The van der Waals surface area contributed by atoms with E-state index >= 15 is 0 Å². The van der Waals surface area contributed by atoms with Crippen molar-refractivity contribution in [3.8, 4) is 11.3 Å². The molecule has 1 aromatic carbocycles. The Hall–Kier alpha value is -1.91. The van der Waals surface area contributed by atoms with E-state index in [0.717, 1.165) is 11.3 Å². The summed E-state index contributed by atoms with van der Waals surface area (Å²) in [6, 6.07) is 10.8. The standard InChI is InChI=1S/C16H17ClN2O2/c1-11(20)7-9-19-16(21)13-10-12(5-6-14(13)17)15-4-2-3-8-18-15/h2-6,8,10-11,20H,7,9H2,1H3,(H,19,21). The van der Waals surface area contributed by atoms with Crippen LogP contribution in [0.5, 0.6) is 0 Å². The third kappa shape index (κ3) is 4.28. The van der Waals surface area contributed by atoms with E-state index in [2.05, 4.69) is 10.3 Å². The normalized spacial score (nSPS) is 12.0. The lowest BCUT2D eigenvalue weighted by Crippen LogP contribution is -2.26. The Bertz CT molecular complexity index is 615. The minimum atomic E-state index is -0.444. The van der Waals surface area contributed by atoms with Crippen LogP contribution in [0, 0.1) is 0 Å². The van der Waals surface area contributed by atoms with E-state index in [1.54, 1.807) is 25.3 Å². The van der Waals surface area contributed by atoms with Gasteiger partial charge in [-0.1, -0.05) is 23.7 Å². The first-order valence-corrected chi connectivity index (χ1v) is 7.13. The van der Waals surface area contributed by atoms with Crippen molar-refractivity contribution in [2.75, 3.05) is 6.54 Å². The number of amides is 1. The van der Waals surface area contributed by atoms with Crippen molar-refractivity contribution >= 4 is 17.5 Å². The first-order valence-electron chi connectivity index (χ1n) is 6.75. The van der Waals surface area contributed by atoms with Crippen LogP contribution in [0.15, 0.2) is 42.6 Å². The summed E-state index contributed by atoms with van der Waals surface area (Å²) in [7, 11) is 0. The van der Waals surface area contributed by atoms with Gasteiger partial charge in [0.15, 0.2) is 0 Å². The van der Waals surface area contributed by atoms with Crippen LogP contribution in [0.2, 0.25) is 5.02 Å². The summed E-state index contributed by atoms with van der Waals surface area (Å²) in [5.41, 5.74) is 2.03. The molecule has 4 nitrogen and oxygen atoms in total. The zero-order chi connectivity index (χ0) is 15.2. The van der Waals surface area contributed by atoms with Gasteiger partial charge < -0.3 is 10.4 Å². The number of pyridine rings is 1. The zero-order valence-corrected chi connectivity index (χ0v) is 12.5. The van der Waals surface area contributed by atoms with Crippen molar-refractivity contribution in [2.24, 2.45) is 0 Å². The second-order valence-corrected chi connectivity index (χ2v) is 5.21. The molecule has 5 heteroatoms. The number of rotatable bonds is 5. The Morgan fingerprint density at radius 2 is 2.19 bits per heavy atom. The summed E-state index contributed by atoms with van der Waals surface area (Å²) < 4.78 is 0. The van der Waals surface area contributed by atoms with Crippen LogP contribution in [0.3, 0.4) is 0 Å². The molecular formula is C16H17ClN2O2. The van der Waals surface area contributed by atoms with Crippen LogP contribution in [-0.2, 0) is 0 Å². The lowest BCUT2D eigenvalue weighted by molar-refractivity contribution is 0.0946. The molecule has 0 saturated carbocycles. The Labute approximate surface area is 128 Å². The molecule has 0 aliphatic rings. The SMILES string of the molecule is CC(O)CCNC(=O)c1cc(-c2ccccn2)ccc1Cl. The maximum absolute atomic E-state index is 12.1. The lowest BCUT2D eigenvalue weighted by Gasteiger charge is -2.09. The molecule has 0 bridgehead atoms. The predicted octanol–water partition coefficient (Wildman–Crippen LogP) is 2.90. The fraction of sp³-hybridized carbons (Fsp3) is 0.250. The van der Waals surface area contributed by atoms with Gasteiger partial charge in [-0.15, -0.1) is 0 Å². The van der Waals surface area contributed by atoms with E-state index in [9.17, 15) is 9.90 Å². The van der Waals surface area contributed by atoms with Gasteiger partial charge in [0.1, 0.15) is 0 Å². The van der Waals surface area contributed by atoms with Gasteiger partial charge in [0.25, 0.3) is 5.91 Å². The quantitative estimate of drug-likeness (QED) is 0.893. The molecule has 0 radical (unpaired) electrons. The number of carbonyl (C=O) groups excluding carboxylic acids is 1. The number of benzene rings is 1. The maximum atomic E-state index is 12.1. The average molecular weight is 305 g/mol. The highest BCUT2D eigenvalue weighted by atomic mass is 35.5. The van der Waals surface area contributed by atoms with E-state index in [1.165, 1.54) is 0 Å². The van der Waals surface area contributed by atoms with Gasteiger partial charge in [-0.2, -0.15) is 0 Å². The van der Waals surface area contributed by atoms with Gasteiger partial charge in [0, 0.05) is 18.3 Å². The van der Waals surface area contributed by atoms with Crippen molar-refractivity contribution < 1.29 is 9.90 Å². The number of carbonyl (C=O) groups is 1. The molecule has 0 aliphatic carbocycles. The summed E-state index contributed by atoms with van der Waals surface area (Å²) in [6.07, 6.45) is 1.76. The van der Waals surface area contributed by atoms with Gasteiger partial charge in [-0.25, -0.2) is 0 Å². The van der Waals surface area contributed by atoms with Gasteiger partial charge in [-0.3, -0.25) is 9.78 Å². The van der Waals surface area contributed by atoms with Gasteiger partial charge in [0.2, 0.25) is 0 Å². The van der Waals surface area contributed by atoms with Crippen LogP contribution < -0.4 is 5.32 Å². The number of aliphatic hydroxyl groups is 1. The highest BCUT2D eigenvalue weighted by molar-refractivity contribution is 6.34. The van der Waals surface area contributed by atoms with Gasteiger partial charge in [0.05, 0.1) is 22.4 Å². The van der Waals surface area contributed by atoms with Crippen LogP contribution in [0.4, 0.5) is 0 Å². The molecule has 0 saturated heterocycles. The third-order valence-electron chi connectivity index (χ3n) is 3.02. The molecule has 2 N–H and O–H groups in total. The minimum Gasteiger partial charge on any atom is -0.393 e. The summed E-state index contributed by atoms with van der Waals surface area (Å²) in [5, 5.41) is 12.3. The Morgan fingerprint density at radius 1 is 1.38 bits per heavy atom. The maximum Gasteiger partial charge on any atom is 0.252 e. The second-order valence-electron chi connectivity index (χ2n) is 4.80. The Morgan fingerprint density at radius 3 is 2.86 bits per heavy atom. The van der Waals surface area contributed by atoms with Crippen LogP contribution >= 0.6 is 11.6 Å². The molecule has 1 heterocycles. The second kappa shape index (κ2) is 7.20. The first kappa shape index (κ1) is 15.5. The van der Waals surface area contributed by atoms with E-state index in [1.807, 2.05) is 24.3 Å². The summed E-state index contributed by atoms with van der Waals surface area (Å²) >= 11 is 6.09. The molecule has 2 aromatic rings. The summed E-state index contributed by atoms with van der Waals surface area (Å²) in [6.45, 7) is 2.08. The monoisotopic (exact) mass is 304 g/mol.